The Hall–Kier alpha value is -2.68. The first-order valence-corrected chi connectivity index (χ1v) is 11.4. The molecule has 0 aromatic heterocycles. The van der Waals surface area contributed by atoms with Gasteiger partial charge in [-0.2, -0.15) is 0 Å². The van der Waals surface area contributed by atoms with Crippen LogP contribution in [0.15, 0.2) is 125 Å². The quantitative estimate of drug-likeness (QED) is 0.326. The highest BCUT2D eigenvalue weighted by Gasteiger charge is 2.33. The van der Waals surface area contributed by atoms with Crippen LogP contribution in [0, 0.1) is 0 Å². The first-order valence-electron chi connectivity index (χ1n) is 9.73. The predicted octanol–water partition coefficient (Wildman–Crippen LogP) is 8.19. The lowest BCUT2D eigenvalue weighted by atomic mass is 10.0. The zero-order valence-corrected chi connectivity index (χ0v) is 17.5. The molecule has 1 aliphatic carbocycles. The molecule has 2 heteroatoms. The monoisotopic (exact) mass is 408 g/mol. The minimum Gasteiger partial charge on any atom is -0.113 e. The van der Waals surface area contributed by atoms with Gasteiger partial charge in [0.1, 0.15) is 0 Å². The molecule has 0 amide bonds. The topological polar surface area (TPSA) is 0 Å². The van der Waals surface area contributed by atoms with Gasteiger partial charge in [-0.15, -0.1) is 11.8 Å². The van der Waals surface area contributed by atoms with Gasteiger partial charge in [-0.25, -0.2) is 0 Å². The van der Waals surface area contributed by atoms with Crippen molar-refractivity contribution < 1.29 is 0 Å². The molecule has 4 aromatic rings. The average Bonchev–Trinajstić information content (AvgIpc) is 3.09. The van der Waals surface area contributed by atoms with Crippen molar-refractivity contribution in [3.05, 3.63) is 132 Å². The fourth-order valence-corrected chi connectivity index (χ4v) is 6.26. The Bertz CT molecular complexity index is 1130. The van der Waals surface area contributed by atoms with E-state index in [1.807, 2.05) is 23.5 Å². The van der Waals surface area contributed by atoms with Crippen molar-refractivity contribution in [2.75, 3.05) is 0 Å². The van der Waals surface area contributed by atoms with Gasteiger partial charge in [0.2, 0.25) is 0 Å². The first kappa shape index (κ1) is 18.4. The van der Waals surface area contributed by atoms with E-state index < -0.39 is 0 Å². The SMILES string of the molecule is c1ccc(SC2=C(c3ccccc3)C(Sc3ccccc3)c3ccccc32)cc1. The standard InChI is InChI=1S/C27H20S2/c1-4-12-20(13-5-1)25-26(28-21-14-6-2-7-15-21)23-18-10-11-19-24(23)27(25)29-22-16-8-3-9-17-22/h1-19,26H. The van der Waals surface area contributed by atoms with Crippen LogP contribution in [0.2, 0.25) is 0 Å². The molecule has 1 unspecified atom stereocenters. The summed E-state index contributed by atoms with van der Waals surface area (Å²) in [5, 5.41) is 0.280. The maximum atomic E-state index is 2.29. The number of fused-ring (bicyclic) bond motifs is 1. The Balaban J connectivity index is 1.67. The average molecular weight is 409 g/mol. The number of thioether (sulfide) groups is 2. The fraction of sp³-hybridized carbons (Fsp3) is 0.0370. The summed E-state index contributed by atoms with van der Waals surface area (Å²) >= 11 is 3.82. The van der Waals surface area contributed by atoms with Crippen molar-refractivity contribution in [1.29, 1.82) is 0 Å². The lowest BCUT2D eigenvalue weighted by Crippen LogP contribution is -1.94. The smallest absolute Gasteiger partial charge is 0.0617 e. The van der Waals surface area contributed by atoms with E-state index in [2.05, 4.69) is 115 Å². The van der Waals surface area contributed by atoms with Crippen molar-refractivity contribution in [2.24, 2.45) is 0 Å². The van der Waals surface area contributed by atoms with Crippen LogP contribution in [0.25, 0.3) is 10.5 Å². The third kappa shape index (κ3) is 3.78. The molecule has 0 radical (unpaired) electrons. The first-order chi connectivity index (χ1) is 14.4. The van der Waals surface area contributed by atoms with Gasteiger partial charge in [0.15, 0.2) is 0 Å². The van der Waals surface area contributed by atoms with Crippen LogP contribution in [-0.4, -0.2) is 0 Å². The van der Waals surface area contributed by atoms with E-state index in [0.717, 1.165) is 0 Å². The van der Waals surface area contributed by atoms with Gasteiger partial charge in [0, 0.05) is 14.7 Å². The molecule has 0 spiro atoms. The van der Waals surface area contributed by atoms with Crippen molar-refractivity contribution in [2.45, 2.75) is 15.0 Å². The van der Waals surface area contributed by atoms with E-state index in [4.69, 9.17) is 0 Å². The van der Waals surface area contributed by atoms with Gasteiger partial charge in [-0.3, -0.25) is 0 Å². The summed E-state index contributed by atoms with van der Waals surface area (Å²) in [6.07, 6.45) is 0. The molecule has 0 N–H and O–H groups in total. The van der Waals surface area contributed by atoms with Crippen LogP contribution < -0.4 is 0 Å². The molecule has 0 bridgehead atoms. The van der Waals surface area contributed by atoms with Crippen molar-refractivity contribution >= 4 is 34.0 Å². The van der Waals surface area contributed by atoms with Crippen LogP contribution in [0.3, 0.4) is 0 Å². The van der Waals surface area contributed by atoms with Crippen LogP contribution in [0.4, 0.5) is 0 Å². The van der Waals surface area contributed by atoms with Crippen molar-refractivity contribution in [3.63, 3.8) is 0 Å². The van der Waals surface area contributed by atoms with Gasteiger partial charge in [-0.05, 0) is 46.5 Å². The normalized spacial score (nSPS) is 15.4. The van der Waals surface area contributed by atoms with Crippen molar-refractivity contribution in [1.82, 2.24) is 0 Å². The highest BCUT2D eigenvalue weighted by molar-refractivity contribution is 8.08. The second-order valence-electron chi connectivity index (χ2n) is 6.92. The van der Waals surface area contributed by atoms with E-state index in [9.17, 15) is 0 Å². The van der Waals surface area contributed by atoms with Gasteiger partial charge in [0.25, 0.3) is 0 Å². The van der Waals surface area contributed by atoms with Gasteiger partial charge >= 0.3 is 0 Å². The number of hydrogen-bond donors (Lipinski definition) is 0. The molecule has 0 fully saturated rings. The zero-order chi connectivity index (χ0) is 19.5. The molecule has 140 valence electrons. The van der Waals surface area contributed by atoms with E-state index in [0.29, 0.717) is 0 Å². The highest BCUT2D eigenvalue weighted by Crippen LogP contribution is 2.58. The summed E-state index contributed by atoms with van der Waals surface area (Å²) in [5.41, 5.74) is 5.47. The molecule has 0 aliphatic heterocycles. The third-order valence-corrected chi connectivity index (χ3v) is 7.46. The summed E-state index contributed by atoms with van der Waals surface area (Å²) in [5.74, 6) is 0. The summed E-state index contributed by atoms with van der Waals surface area (Å²) in [7, 11) is 0. The summed E-state index contributed by atoms with van der Waals surface area (Å²) in [6, 6.07) is 41.2. The molecule has 0 saturated carbocycles. The molecule has 0 saturated heterocycles. The van der Waals surface area contributed by atoms with Crippen molar-refractivity contribution in [3.8, 4) is 0 Å². The van der Waals surface area contributed by atoms with Crippen LogP contribution >= 0.6 is 23.5 Å². The third-order valence-electron chi connectivity index (χ3n) is 5.04. The van der Waals surface area contributed by atoms with Gasteiger partial charge < -0.3 is 0 Å². The Morgan fingerprint density at radius 1 is 0.517 bits per heavy atom. The lowest BCUT2D eigenvalue weighted by molar-refractivity contribution is 1.26. The van der Waals surface area contributed by atoms with Crippen LogP contribution in [-0.2, 0) is 0 Å². The Labute approximate surface area is 180 Å². The zero-order valence-electron chi connectivity index (χ0n) is 15.9. The number of rotatable bonds is 5. The Kier molecular flexibility index (Phi) is 5.29. The van der Waals surface area contributed by atoms with Crippen LogP contribution in [0.1, 0.15) is 21.9 Å². The molecule has 1 aliphatic rings. The maximum Gasteiger partial charge on any atom is 0.0617 e. The minimum atomic E-state index is 0.280. The molecular formula is C27H20S2. The largest absolute Gasteiger partial charge is 0.113 e. The molecule has 5 rings (SSSR count). The molecule has 1 atom stereocenters. The molecular weight excluding hydrogens is 388 g/mol. The number of hydrogen-bond acceptors (Lipinski definition) is 2. The molecule has 0 nitrogen and oxygen atoms in total. The van der Waals surface area contributed by atoms with Gasteiger partial charge in [-0.1, -0.05) is 103 Å². The fourth-order valence-electron chi connectivity index (χ4n) is 3.73. The predicted molar refractivity (Wildman–Crippen MR) is 127 cm³/mol. The Morgan fingerprint density at radius 3 is 1.76 bits per heavy atom. The maximum absolute atomic E-state index is 2.29. The summed E-state index contributed by atoms with van der Waals surface area (Å²) in [4.78, 5) is 3.94. The van der Waals surface area contributed by atoms with Crippen LogP contribution in [0.5, 0.6) is 0 Å². The summed E-state index contributed by atoms with van der Waals surface area (Å²) in [6.45, 7) is 0. The Morgan fingerprint density at radius 2 is 1.07 bits per heavy atom. The van der Waals surface area contributed by atoms with E-state index in [1.165, 1.54) is 37.0 Å². The lowest BCUT2D eigenvalue weighted by Gasteiger charge is -2.17. The molecule has 4 aromatic carbocycles. The van der Waals surface area contributed by atoms with E-state index in [1.54, 1.807) is 0 Å². The minimum absolute atomic E-state index is 0.280. The molecule has 0 heterocycles. The second kappa shape index (κ2) is 8.36. The number of benzene rings is 4. The van der Waals surface area contributed by atoms with Gasteiger partial charge in [0.05, 0.1) is 5.25 Å². The highest BCUT2D eigenvalue weighted by atomic mass is 32.2. The molecule has 29 heavy (non-hydrogen) atoms. The second-order valence-corrected chi connectivity index (χ2v) is 9.18. The van der Waals surface area contributed by atoms with E-state index in [-0.39, 0.29) is 5.25 Å². The van der Waals surface area contributed by atoms with E-state index >= 15 is 0 Å². The summed E-state index contributed by atoms with van der Waals surface area (Å²) < 4.78 is 0.